The van der Waals surface area contributed by atoms with Crippen molar-refractivity contribution in [1.82, 2.24) is 0 Å². The van der Waals surface area contributed by atoms with Crippen molar-refractivity contribution >= 4 is 0 Å². The molecule has 0 aromatic carbocycles. The van der Waals surface area contributed by atoms with E-state index in [0.717, 1.165) is 0 Å². The molecule has 152 valence electrons. The zero-order chi connectivity index (χ0) is 18.4. The molecule has 1 rings (SSSR count). The molecule has 0 heterocycles. The standard InChI is InChI=1S/C6H7.3C6H13.Pt/c1-6-4-2-3-5-6;3*1-3-5-6-4-2;/h2,4H,3H2,1H3;3*1,3-6H2,2H3;. The van der Waals surface area contributed by atoms with Crippen LogP contribution < -0.4 is 0 Å². The van der Waals surface area contributed by atoms with Gasteiger partial charge in [0.1, 0.15) is 0 Å². The van der Waals surface area contributed by atoms with E-state index in [2.05, 4.69) is 39.8 Å². The molecule has 0 aromatic heterocycles. The third kappa shape index (κ3) is 8.60. The van der Waals surface area contributed by atoms with Gasteiger partial charge in [-0.3, -0.25) is 0 Å². The summed E-state index contributed by atoms with van der Waals surface area (Å²) >= 11 is -1.79. The molecule has 0 fully saturated rings. The van der Waals surface area contributed by atoms with Gasteiger partial charge < -0.3 is 0 Å². The van der Waals surface area contributed by atoms with Crippen LogP contribution in [0, 0.1) is 0 Å². The topological polar surface area (TPSA) is 0 Å². The molecule has 0 aliphatic heterocycles. The fraction of sp³-hybridized carbons (Fsp3) is 0.833. The molecule has 1 aliphatic carbocycles. The molecule has 25 heavy (non-hydrogen) atoms. The fourth-order valence-corrected chi connectivity index (χ4v) is 17.1. The van der Waals surface area contributed by atoms with Gasteiger partial charge in [-0.05, 0) is 0 Å². The third-order valence-corrected chi connectivity index (χ3v) is 18.5. The van der Waals surface area contributed by atoms with Crippen molar-refractivity contribution < 1.29 is 16.1 Å². The number of unbranched alkanes of at least 4 members (excludes halogenated alkanes) is 9. The van der Waals surface area contributed by atoms with Crippen LogP contribution >= 0.6 is 0 Å². The van der Waals surface area contributed by atoms with Crippen LogP contribution in [-0.2, 0) is 16.1 Å². The number of hydrogen-bond acceptors (Lipinski definition) is 0. The van der Waals surface area contributed by atoms with Gasteiger partial charge in [-0.15, -0.1) is 0 Å². The minimum absolute atomic E-state index is 1.32. The Morgan fingerprint density at radius 1 is 0.680 bits per heavy atom. The second kappa shape index (κ2) is 14.3. The van der Waals surface area contributed by atoms with Gasteiger partial charge in [0.05, 0.1) is 0 Å². The summed E-state index contributed by atoms with van der Waals surface area (Å²) in [5.74, 6) is 0. The van der Waals surface area contributed by atoms with Crippen LogP contribution in [0.5, 0.6) is 0 Å². The molecule has 0 nitrogen and oxygen atoms in total. The normalized spacial score (nSPS) is 15.4. The fourth-order valence-electron chi connectivity index (χ4n) is 3.66. The second-order valence-electron chi connectivity index (χ2n) is 7.62. The van der Waals surface area contributed by atoms with E-state index in [9.17, 15) is 0 Å². The first-order valence-electron chi connectivity index (χ1n) is 11.1. The second-order valence-corrected chi connectivity index (χ2v) is 18.2. The summed E-state index contributed by atoms with van der Waals surface area (Å²) < 4.78 is 2.00. The summed E-state index contributed by atoms with van der Waals surface area (Å²) in [6.07, 6.45) is 23.7. The van der Waals surface area contributed by atoms with Crippen LogP contribution in [0.3, 0.4) is 0 Å². The van der Waals surface area contributed by atoms with E-state index >= 15 is 0 Å². The summed E-state index contributed by atoms with van der Waals surface area (Å²) in [6, 6.07) is 0. The van der Waals surface area contributed by atoms with Gasteiger partial charge in [0, 0.05) is 0 Å². The Bertz CT molecular complexity index is 360. The quantitative estimate of drug-likeness (QED) is 0.175. The molecule has 1 aliphatic rings. The molecule has 0 radical (unpaired) electrons. The van der Waals surface area contributed by atoms with Crippen molar-refractivity contribution in [2.75, 3.05) is 0 Å². The average molecular weight is 530 g/mol. The Morgan fingerprint density at radius 2 is 1.12 bits per heavy atom. The Balaban J connectivity index is 2.80. The molecular weight excluding hydrogens is 483 g/mol. The van der Waals surface area contributed by atoms with E-state index < -0.39 is 16.1 Å². The van der Waals surface area contributed by atoms with Crippen molar-refractivity contribution in [2.45, 2.75) is 126 Å². The summed E-state index contributed by atoms with van der Waals surface area (Å²) in [5.41, 5.74) is 1.68. The summed E-state index contributed by atoms with van der Waals surface area (Å²) in [4.78, 5) is 4.87. The van der Waals surface area contributed by atoms with Crippen molar-refractivity contribution in [1.29, 1.82) is 0 Å². The predicted octanol–water partition coefficient (Wildman–Crippen LogP) is 9.37. The molecule has 1 heteroatoms. The van der Waals surface area contributed by atoms with Crippen molar-refractivity contribution in [3.8, 4) is 0 Å². The van der Waals surface area contributed by atoms with Crippen LogP contribution in [0.15, 0.2) is 21.7 Å². The van der Waals surface area contributed by atoms with Gasteiger partial charge in [-0.1, -0.05) is 0 Å². The van der Waals surface area contributed by atoms with Gasteiger partial charge in [-0.2, -0.15) is 0 Å². The molecule has 0 saturated heterocycles. The van der Waals surface area contributed by atoms with E-state index in [0.29, 0.717) is 0 Å². The molecular formula is C24H46Pt. The van der Waals surface area contributed by atoms with Gasteiger partial charge in [-0.25, -0.2) is 0 Å². The molecule has 0 aromatic rings. The molecule has 0 amide bonds. The van der Waals surface area contributed by atoms with Crippen LogP contribution in [0.4, 0.5) is 0 Å². The maximum absolute atomic E-state index is 2.47. The van der Waals surface area contributed by atoms with Crippen LogP contribution in [0.1, 0.15) is 111 Å². The van der Waals surface area contributed by atoms with E-state index in [4.69, 9.17) is 0 Å². The van der Waals surface area contributed by atoms with Crippen LogP contribution in [0.2, 0.25) is 14.4 Å². The van der Waals surface area contributed by atoms with Crippen LogP contribution in [0.25, 0.3) is 0 Å². The Morgan fingerprint density at radius 3 is 1.44 bits per heavy atom. The van der Waals surface area contributed by atoms with Crippen molar-refractivity contribution in [2.24, 2.45) is 0 Å². The Hall–Kier alpha value is 0.168. The van der Waals surface area contributed by atoms with Gasteiger partial charge in [0.15, 0.2) is 0 Å². The first-order chi connectivity index (χ1) is 12.2. The van der Waals surface area contributed by atoms with E-state index in [-0.39, 0.29) is 0 Å². The average Bonchev–Trinajstić information content (AvgIpc) is 3.05. The summed E-state index contributed by atoms with van der Waals surface area (Å²) in [6.45, 7) is 9.45. The monoisotopic (exact) mass is 529 g/mol. The maximum atomic E-state index is 2.47. The Labute approximate surface area is 163 Å². The van der Waals surface area contributed by atoms with Gasteiger partial charge in [0.25, 0.3) is 0 Å². The summed E-state index contributed by atoms with van der Waals surface area (Å²) in [5, 5.41) is 0. The van der Waals surface area contributed by atoms with Gasteiger partial charge in [0.2, 0.25) is 0 Å². The molecule has 0 unspecified atom stereocenters. The molecule has 0 N–H and O–H groups in total. The number of rotatable bonds is 16. The summed E-state index contributed by atoms with van der Waals surface area (Å²) in [7, 11) is 0. The van der Waals surface area contributed by atoms with E-state index in [1.807, 2.05) is 3.96 Å². The first kappa shape index (κ1) is 23.2. The van der Waals surface area contributed by atoms with Crippen molar-refractivity contribution in [3.05, 3.63) is 21.7 Å². The van der Waals surface area contributed by atoms with Crippen molar-refractivity contribution in [3.63, 3.8) is 0 Å². The van der Waals surface area contributed by atoms with E-state index in [1.54, 1.807) is 20.0 Å². The molecule has 0 bridgehead atoms. The number of hydrogen-bond donors (Lipinski definition) is 0. The van der Waals surface area contributed by atoms with Gasteiger partial charge >= 0.3 is 163 Å². The minimum atomic E-state index is -1.79. The predicted molar refractivity (Wildman–Crippen MR) is 113 cm³/mol. The zero-order valence-electron chi connectivity index (χ0n) is 17.8. The molecule has 0 atom stereocenters. The first-order valence-corrected chi connectivity index (χ1v) is 17.0. The molecule has 0 saturated carbocycles. The number of allylic oxidation sites excluding steroid dienone is 4. The molecule has 0 spiro atoms. The van der Waals surface area contributed by atoms with E-state index in [1.165, 1.54) is 83.5 Å². The third-order valence-electron chi connectivity index (χ3n) is 5.26. The Kier molecular flexibility index (Phi) is 13.2. The zero-order valence-corrected chi connectivity index (χ0v) is 20.1. The van der Waals surface area contributed by atoms with Crippen LogP contribution in [-0.4, -0.2) is 0 Å². The SMILES string of the molecule is CCCCC[CH2][Pt]([CH2]CCCCC)([CH2]CCCCC)[C]1=C(C)C=CC1.